The van der Waals surface area contributed by atoms with E-state index in [9.17, 15) is 9.59 Å². The first-order valence-corrected chi connectivity index (χ1v) is 26.8. The quantitative estimate of drug-likeness (QED) is 0.0450. The van der Waals surface area contributed by atoms with Crippen LogP contribution in [0.3, 0.4) is 0 Å². The molecule has 0 bridgehead atoms. The van der Waals surface area contributed by atoms with Crippen molar-refractivity contribution in [3.8, 4) is 0 Å². The molecule has 1 saturated heterocycles. The summed E-state index contributed by atoms with van der Waals surface area (Å²) in [5, 5.41) is 0. The van der Waals surface area contributed by atoms with Crippen molar-refractivity contribution in [3.63, 3.8) is 0 Å². The molecule has 1 heterocycles. The molecule has 1 aliphatic rings. The van der Waals surface area contributed by atoms with Crippen LogP contribution in [0.2, 0.25) is 0 Å². The topological polar surface area (TPSA) is 59.1 Å². The van der Waals surface area contributed by atoms with E-state index in [1.165, 1.54) is 225 Å². The zero-order valence-electron chi connectivity index (χ0n) is 40.5. The van der Waals surface area contributed by atoms with Gasteiger partial charge in [-0.25, -0.2) is 0 Å². The number of carbonyl (C=O) groups excluding carboxylic acids is 2. The lowest BCUT2D eigenvalue weighted by Gasteiger charge is -2.25. The maximum Gasteiger partial charge on any atom is 0.306 e. The molecule has 0 N–H and O–H groups in total. The molecule has 6 nitrogen and oxygen atoms in total. The lowest BCUT2D eigenvalue weighted by molar-refractivity contribution is -0.150. The van der Waals surface area contributed by atoms with Crippen LogP contribution >= 0.6 is 0 Å². The zero-order chi connectivity index (χ0) is 42.7. The average Bonchev–Trinajstić information content (AvgIpc) is 3.76. The summed E-state index contributed by atoms with van der Waals surface area (Å²) in [6.07, 6.45) is 46.2. The van der Waals surface area contributed by atoms with E-state index in [0.29, 0.717) is 19.4 Å². The van der Waals surface area contributed by atoms with Gasteiger partial charge in [-0.2, -0.15) is 0 Å². The maximum atomic E-state index is 12.9. The van der Waals surface area contributed by atoms with E-state index in [4.69, 9.17) is 9.47 Å². The van der Waals surface area contributed by atoms with Crippen molar-refractivity contribution >= 4 is 11.9 Å². The molecule has 0 unspecified atom stereocenters. The SMILES string of the molecule is CCCCCCCCC(CCCCCCCC)OC(=O)CCCCCCCN(CCCCCCCC(=O)OCCCC(CCCCC)CCCCC)CCN1CCCC1. The molecule has 1 fully saturated rings. The average molecular weight is 833 g/mol. The van der Waals surface area contributed by atoms with E-state index in [1.54, 1.807) is 0 Å². The van der Waals surface area contributed by atoms with Crippen LogP contribution in [0.4, 0.5) is 0 Å². The number of ether oxygens (including phenoxy) is 2. The first-order valence-electron chi connectivity index (χ1n) is 26.8. The molecule has 0 amide bonds. The predicted octanol–water partition coefficient (Wildman–Crippen LogP) is 15.6. The van der Waals surface area contributed by atoms with Crippen LogP contribution in [-0.2, 0) is 19.1 Å². The van der Waals surface area contributed by atoms with Crippen molar-refractivity contribution in [1.29, 1.82) is 0 Å². The Balaban J connectivity index is 2.25. The molecule has 0 aromatic carbocycles. The van der Waals surface area contributed by atoms with Gasteiger partial charge in [0.25, 0.3) is 0 Å². The summed E-state index contributed by atoms with van der Waals surface area (Å²) < 4.78 is 11.7. The largest absolute Gasteiger partial charge is 0.466 e. The smallest absolute Gasteiger partial charge is 0.306 e. The highest BCUT2D eigenvalue weighted by molar-refractivity contribution is 5.69. The number of unbranched alkanes of at least 4 members (excludes halogenated alkanes) is 22. The van der Waals surface area contributed by atoms with Gasteiger partial charge in [-0.1, -0.05) is 182 Å². The molecule has 0 spiro atoms. The molecular formula is C53H104N2O4. The number of nitrogens with zero attached hydrogens (tertiary/aromatic N) is 2. The fourth-order valence-corrected chi connectivity index (χ4v) is 9.14. The van der Waals surface area contributed by atoms with Gasteiger partial charge in [-0.05, 0) is 109 Å². The van der Waals surface area contributed by atoms with Crippen molar-refractivity contribution in [2.24, 2.45) is 5.92 Å². The first-order chi connectivity index (χ1) is 29.0. The second-order valence-electron chi connectivity index (χ2n) is 18.9. The van der Waals surface area contributed by atoms with E-state index < -0.39 is 0 Å². The summed E-state index contributed by atoms with van der Waals surface area (Å²) in [6, 6.07) is 0. The van der Waals surface area contributed by atoms with Crippen LogP contribution in [0, 0.1) is 5.92 Å². The summed E-state index contributed by atoms with van der Waals surface area (Å²) >= 11 is 0. The Hall–Kier alpha value is -1.14. The number of hydrogen-bond acceptors (Lipinski definition) is 6. The summed E-state index contributed by atoms with van der Waals surface area (Å²) in [4.78, 5) is 30.6. The van der Waals surface area contributed by atoms with Crippen LogP contribution in [0.1, 0.15) is 272 Å². The normalized spacial score (nSPS) is 13.4. The summed E-state index contributed by atoms with van der Waals surface area (Å²) in [5.74, 6) is 0.872. The van der Waals surface area contributed by atoms with Gasteiger partial charge in [0.1, 0.15) is 6.10 Å². The number of esters is 2. The van der Waals surface area contributed by atoms with Gasteiger partial charge in [0, 0.05) is 25.9 Å². The van der Waals surface area contributed by atoms with Crippen molar-refractivity contribution in [2.75, 3.05) is 45.9 Å². The molecule has 0 saturated carbocycles. The highest BCUT2D eigenvalue weighted by atomic mass is 16.5. The van der Waals surface area contributed by atoms with Crippen LogP contribution in [-0.4, -0.2) is 73.7 Å². The third kappa shape index (κ3) is 37.2. The minimum atomic E-state index is 0.0118. The van der Waals surface area contributed by atoms with Gasteiger partial charge in [0.2, 0.25) is 0 Å². The summed E-state index contributed by atoms with van der Waals surface area (Å²) in [5.41, 5.74) is 0. The Kier molecular flexibility index (Phi) is 41.2. The lowest BCUT2D eigenvalue weighted by atomic mass is 9.91. The second-order valence-corrected chi connectivity index (χ2v) is 18.9. The van der Waals surface area contributed by atoms with E-state index in [-0.39, 0.29) is 18.0 Å². The minimum absolute atomic E-state index is 0.0118. The molecule has 59 heavy (non-hydrogen) atoms. The van der Waals surface area contributed by atoms with Gasteiger partial charge in [-0.15, -0.1) is 0 Å². The van der Waals surface area contributed by atoms with Crippen molar-refractivity contribution < 1.29 is 19.1 Å². The van der Waals surface area contributed by atoms with E-state index >= 15 is 0 Å². The maximum absolute atomic E-state index is 12.9. The number of rotatable bonds is 46. The lowest BCUT2D eigenvalue weighted by Crippen LogP contribution is -2.35. The molecule has 0 radical (unpaired) electrons. The van der Waals surface area contributed by atoms with Crippen LogP contribution in [0.15, 0.2) is 0 Å². The van der Waals surface area contributed by atoms with Gasteiger partial charge in [-0.3, -0.25) is 9.59 Å². The summed E-state index contributed by atoms with van der Waals surface area (Å²) in [6.45, 7) is 17.1. The molecular weight excluding hydrogens is 729 g/mol. The third-order valence-electron chi connectivity index (χ3n) is 13.2. The Labute approximate surface area is 369 Å². The Morgan fingerprint density at radius 3 is 1.39 bits per heavy atom. The fraction of sp³-hybridized carbons (Fsp3) is 0.962. The van der Waals surface area contributed by atoms with E-state index in [2.05, 4.69) is 37.5 Å². The van der Waals surface area contributed by atoms with E-state index in [1.807, 2.05) is 0 Å². The zero-order valence-corrected chi connectivity index (χ0v) is 40.5. The molecule has 1 aliphatic heterocycles. The molecule has 0 aromatic heterocycles. The highest BCUT2D eigenvalue weighted by Crippen LogP contribution is 2.23. The highest BCUT2D eigenvalue weighted by Gasteiger charge is 2.16. The van der Waals surface area contributed by atoms with E-state index in [0.717, 1.165) is 50.9 Å². The molecule has 0 atom stereocenters. The third-order valence-corrected chi connectivity index (χ3v) is 13.2. The van der Waals surface area contributed by atoms with Crippen LogP contribution in [0.25, 0.3) is 0 Å². The van der Waals surface area contributed by atoms with Crippen molar-refractivity contribution in [1.82, 2.24) is 9.80 Å². The molecule has 350 valence electrons. The number of carbonyl (C=O) groups is 2. The van der Waals surface area contributed by atoms with Gasteiger partial charge >= 0.3 is 11.9 Å². The van der Waals surface area contributed by atoms with Crippen molar-refractivity contribution in [2.45, 2.75) is 278 Å². The minimum Gasteiger partial charge on any atom is -0.466 e. The van der Waals surface area contributed by atoms with Crippen LogP contribution < -0.4 is 0 Å². The Bertz CT molecular complexity index is 867. The van der Waals surface area contributed by atoms with Crippen LogP contribution in [0.5, 0.6) is 0 Å². The van der Waals surface area contributed by atoms with Crippen molar-refractivity contribution in [3.05, 3.63) is 0 Å². The second kappa shape index (κ2) is 43.5. The Morgan fingerprint density at radius 2 is 0.864 bits per heavy atom. The molecule has 0 aromatic rings. The molecule has 1 rings (SSSR count). The molecule has 6 heteroatoms. The van der Waals surface area contributed by atoms with Gasteiger partial charge in [0.15, 0.2) is 0 Å². The number of likely N-dealkylation sites (tertiary alicyclic amines) is 1. The Morgan fingerprint density at radius 1 is 0.458 bits per heavy atom. The predicted molar refractivity (Wildman–Crippen MR) is 255 cm³/mol. The molecule has 0 aliphatic carbocycles. The van der Waals surface area contributed by atoms with Gasteiger partial charge in [0.05, 0.1) is 6.61 Å². The monoisotopic (exact) mass is 833 g/mol. The first kappa shape index (κ1) is 55.9. The number of hydrogen-bond donors (Lipinski definition) is 0. The summed E-state index contributed by atoms with van der Waals surface area (Å²) in [7, 11) is 0. The van der Waals surface area contributed by atoms with Gasteiger partial charge < -0.3 is 19.3 Å². The fourth-order valence-electron chi connectivity index (χ4n) is 9.14. The standard InChI is InChI=1S/C53H104N2O4/c1-5-9-13-15-19-27-39-51(40-28-20-16-14-10-6-2)59-53(57)42-30-22-18-24-32-44-54(47-48-55-45-33-34-46-55)43-31-23-17-21-29-41-52(56)58-49-35-38-50(36-25-11-7-3)37-26-12-8-4/h50-51H,5-49H2,1-4H3.